The lowest BCUT2D eigenvalue weighted by Crippen LogP contribution is -2.29. The largest absolute Gasteiger partial charge is 0.326 e. The van der Waals surface area contributed by atoms with E-state index in [1.165, 1.54) is 11.1 Å². The van der Waals surface area contributed by atoms with E-state index in [2.05, 4.69) is 34.9 Å². The van der Waals surface area contributed by atoms with E-state index in [-0.39, 0.29) is 23.1 Å². The second kappa shape index (κ2) is 9.54. The van der Waals surface area contributed by atoms with Crippen molar-refractivity contribution in [2.24, 2.45) is 11.3 Å². The lowest BCUT2D eigenvalue weighted by atomic mass is 9.89. The molecule has 4 nitrogen and oxygen atoms in total. The Morgan fingerprint density at radius 3 is 1.64 bits per heavy atom. The first-order valence-electron chi connectivity index (χ1n) is 10.0. The fourth-order valence-electron chi connectivity index (χ4n) is 2.55. The summed E-state index contributed by atoms with van der Waals surface area (Å²) in [5.41, 5.74) is 3.76. The Hall–Kier alpha value is -2.62. The number of hydrogen-bond acceptors (Lipinski definition) is 2. The van der Waals surface area contributed by atoms with E-state index < -0.39 is 0 Å². The van der Waals surface area contributed by atoms with E-state index in [4.69, 9.17) is 0 Å². The van der Waals surface area contributed by atoms with Crippen molar-refractivity contribution in [3.63, 3.8) is 0 Å². The van der Waals surface area contributed by atoms with Gasteiger partial charge in [-0.2, -0.15) is 0 Å². The van der Waals surface area contributed by atoms with Gasteiger partial charge in [0, 0.05) is 22.7 Å². The molecule has 2 aromatic carbocycles. The summed E-state index contributed by atoms with van der Waals surface area (Å²) < 4.78 is 0. The molecule has 4 heteroatoms. The number of rotatable bonds is 8. The number of amides is 2. The molecule has 0 aromatic heterocycles. The second-order valence-corrected chi connectivity index (χ2v) is 8.23. The lowest BCUT2D eigenvalue weighted by Gasteiger charge is -2.21. The van der Waals surface area contributed by atoms with Gasteiger partial charge in [0.05, 0.1) is 0 Å². The molecule has 0 unspecified atom stereocenters. The molecule has 2 amide bonds. The van der Waals surface area contributed by atoms with Crippen LogP contribution in [0.15, 0.2) is 48.5 Å². The van der Waals surface area contributed by atoms with Gasteiger partial charge in [0.1, 0.15) is 0 Å². The molecule has 0 aliphatic rings. The SMILES string of the molecule is CCC(C)(C)C(=O)Nc1ccc(CCc2ccc(NC(=O)C(C)C)cc2)cc1. The molecule has 2 aromatic rings. The molecule has 0 saturated heterocycles. The van der Waals surface area contributed by atoms with Crippen molar-refractivity contribution in [2.75, 3.05) is 10.6 Å². The first kappa shape index (κ1) is 21.7. The first-order valence-corrected chi connectivity index (χ1v) is 10.0. The summed E-state index contributed by atoms with van der Waals surface area (Å²) in [6.45, 7) is 9.69. The Morgan fingerprint density at radius 1 is 0.821 bits per heavy atom. The van der Waals surface area contributed by atoms with Gasteiger partial charge in [-0.15, -0.1) is 0 Å². The molecule has 0 aliphatic carbocycles. The van der Waals surface area contributed by atoms with Crippen LogP contribution in [0.25, 0.3) is 0 Å². The maximum absolute atomic E-state index is 12.3. The van der Waals surface area contributed by atoms with Crippen molar-refractivity contribution in [2.45, 2.75) is 53.9 Å². The molecule has 2 N–H and O–H groups in total. The highest BCUT2D eigenvalue weighted by atomic mass is 16.2. The van der Waals surface area contributed by atoms with Gasteiger partial charge in [-0.25, -0.2) is 0 Å². The van der Waals surface area contributed by atoms with Crippen molar-refractivity contribution in [3.8, 4) is 0 Å². The summed E-state index contributed by atoms with van der Waals surface area (Å²) in [7, 11) is 0. The van der Waals surface area contributed by atoms with Crippen molar-refractivity contribution in [3.05, 3.63) is 59.7 Å². The van der Waals surface area contributed by atoms with E-state index in [0.717, 1.165) is 30.6 Å². The topological polar surface area (TPSA) is 58.2 Å². The van der Waals surface area contributed by atoms with E-state index in [9.17, 15) is 9.59 Å². The summed E-state index contributed by atoms with van der Waals surface area (Å²) in [5.74, 6) is 0.0510. The van der Waals surface area contributed by atoms with Crippen LogP contribution in [-0.2, 0) is 22.4 Å². The average molecular weight is 381 g/mol. The molecule has 28 heavy (non-hydrogen) atoms. The maximum Gasteiger partial charge on any atom is 0.230 e. The average Bonchev–Trinajstić information content (AvgIpc) is 2.68. The zero-order valence-electron chi connectivity index (χ0n) is 17.6. The zero-order valence-corrected chi connectivity index (χ0v) is 17.6. The number of anilines is 2. The molecule has 0 atom stereocenters. The Balaban J connectivity index is 1.88. The van der Waals surface area contributed by atoms with Gasteiger partial charge in [0.25, 0.3) is 0 Å². The van der Waals surface area contributed by atoms with Crippen LogP contribution >= 0.6 is 0 Å². The van der Waals surface area contributed by atoms with Crippen LogP contribution in [-0.4, -0.2) is 11.8 Å². The zero-order chi connectivity index (χ0) is 20.7. The minimum absolute atomic E-state index is 0.0273. The van der Waals surface area contributed by atoms with E-state index in [0.29, 0.717) is 0 Å². The lowest BCUT2D eigenvalue weighted by molar-refractivity contribution is -0.124. The molecule has 0 spiro atoms. The third-order valence-electron chi connectivity index (χ3n) is 5.16. The molecule has 0 fully saturated rings. The van der Waals surface area contributed by atoms with Crippen LogP contribution in [0.1, 0.15) is 52.2 Å². The van der Waals surface area contributed by atoms with Gasteiger partial charge >= 0.3 is 0 Å². The Bertz CT molecular complexity index is 790. The van der Waals surface area contributed by atoms with Crippen molar-refractivity contribution in [1.29, 1.82) is 0 Å². The summed E-state index contributed by atoms with van der Waals surface area (Å²) in [5, 5.41) is 5.90. The number of nitrogens with one attached hydrogen (secondary N) is 2. The minimum Gasteiger partial charge on any atom is -0.326 e. The number of aryl methyl sites for hydroxylation is 2. The molecular weight excluding hydrogens is 348 g/mol. The van der Waals surface area contributed by atoms with Crippen LogP contribution in [0.4, 0.5) is 11.4 Å². The van der Waals surface area contributed by atoms with Crippen LogP contribution in [0.5, 0.6) is 0 Å². The molecule has 0 radical (unpaired) electrons. The fraction of sp³-hybridized carbons (Fsp3) is 0.417. The molecule has 0 saturated carbocycles. The summed E-state index contributed by atoms with van der Waals surface area (Å²) in [6.07, 6.45) is 2.65. The quantitative estimate of drug-likeness (QED) is 0.640. The Morgan fingerprint density at radius 2 is 1.25 bits per heavy atom. The van der Waals surface area contributed by atoms with Gasteiger partial charge in [-0.1, -0.05) is 58.9 Å². The van der Waals surface area contributed by atoms with Crippen molar-refractivity contribution >= 4 is 23.2 Å². The van der Waals surface area contributed by atoms with Gasteiger partial charge in [0.2, 0.25) is 11.8 Å². The minimum atomic E-state index is -0.362. The van der Waals surface area contributed by atoms with Gasteiger partial charge in [-0.05, 0) is 54.7 Å². The van der Waals surface area contributed by atoms with Gasteiger partial charge < -0.3 is 10.6 Å². The Kier molecular flexibility index (Phi) is 7.38. The summed E-state index contributed by atoms with van der Waals surface area (Å²) in [6, 6.07) is 16.0. The van der Waals surface area contributed by atoms with Crippen LogP contribution in [0.3, 0.4) is 0 Å². The number of benzene rings is 2. The third kappa shape index (κ3) is 6.22. The smallest absolute Gasteiger partial charge is 0.230 e. The number of carbonyl (C=O) groups excluding carboxylic acids is 2. The molecule has 2 rings (SSSR count). The van der Waals surface area contributed by atoms with Gasteiger partial charge in [0.15, 0.2) is 0 Å². The molecule has 0 heterocycles. The van der Waals surface area contributed by atoms with E-state index in [1.807, 2.05) is 58.9 Å². The standard InChI is InChI=1S/C24H32N2O2/c1-6-24(4,5)23(28)26-21-15-11-19(12-16-21)8-7-18-9-13-20(14-10-18)25-22(27)17(2)3/h9-17H,6-8H2,1-5H3,(H,25,27)(H,26,28). The second-order valence-electron chi connectivity index (χ2n) is 8.23. The fourth-order valence-corrected chi connectivity index (χ4v) is 2.55. The molecule has 0 bridgehead atoms. The highest BCUT2D eigenvalue weighted by molar-refractivity contribution is 5.94. The predicted octanol–water partition coefficient (Wildman–Crippen LogP) is 5.44. The highest BCUT2D eigenvalue weighted by Gasteiger charge is 2.25. The maximum atomic E-state index is 12.3. The van der Waals surface area contributed by atoms with Crippen molar-refractivity contribution < 1.29 is 9.59 Å². The predicted molar refractivity (Wildman–Crippen MR) is 116 cm³/mol. The summed E-state index contributed by atoms with van der Waals surface area (Å²) >= 11 is 0. The third-order valence-corrected chi connectivity index (χ3v) is 5.16. The highest BCUT2D eigenvalue weighted by Crippen LogP contribution is 2.22. The first-order chi connectivity index (χ1) is 13.2. The van der Waals surface area contributed by atoms with Crippen LogP contribution < -0.4 is 10.6 Å². The molecule has 0 aliphatic heterocycles. The van der Waals surface area contributed by atoms with Crippen LogP contribution in [0, 0.1) is 11.3 Å². The van der Waals surface area contributed by atoms with Crippen LogP contribution in [0.2, 0.25) is 0 Å². The van der Waals surface area contributed by atoms with Crippen molar-refractivity contribution in [1.82, 2.24) is 0 Å². The van der Waals surface area contributed by atoms with Gasteiger partial charge in [-0.3, -0.25) is 9.59 Å². The summed E-state index contributed by atoms with van der Waals surface area (Å²) in [4.78, 5) is 24.0. The molecular formula is C24H32N2O2. The van der Waals surface area contributed by atoms with E-state index >= 15 is 0 Å². The number of hydrogen-bond donors (Lipinski definition) is 2. The number of carbonyl (C=O) groups is 2. The monoisotopic (exact) mass is 380 g/mol. The Labute approximate surface area is 168 Å². The molecule has 150 valence electrons. The van der Waals surface area contributed by atoms with E-state index in [1.54, 1.807) is 0 Å². The normalized spacial score (nSPS) is 11.4.